The van der Waals surface area contributed by atoms with Crippen molar-refractivity contribution in [3.05, 3.63) is 199 Å². The number of aromatic nitrogens is 4. The zero-order valence-electron chi connectivity index (χ0n) is 44.1. The summed E-state index contributed by atoms with van der Waals surface area (Å²) in [7, 11) is 1.58. The van der Waals surface area contributed by atoms with Gasteiger partial charge in [0.1, 0.15) is 23.1 Å². The lowest BCUT2D eigenvalue weighted by Gasteiger charge is -2.15. The van der Waals surface area contributed by atoms with Gasteiger partial charge >= 0.3 is 12.4 Å². The number of hydrogen-bond acceptors (Lipinski definition) is 4. The minimum absolute atomic E-state index is 0.0873. The van der Waals surface area contributed by atoms with Crippen LogP contribution in [0.2, 0.25) is 0 Å². The third-order valence-corrected chi connectivity index (χ3v) is 17.3. The number of phenols is 1. The maximum Gasteiger partial charge on any atom is 0.416 e. The normalized spacial score (nSPS) is 12.3. The topological polar surface area (TPSA) is 65.1 Å². The SMILES string of the molecule is CCCCC(CC)CBr.COc1ccc(-c2nc3c4cc(Br)ccc4c4ccc(Br)cc4c3n2-c2cccc(C(F)(F)F)c2)cc1.Oc1ccc(-c2nc3c4cc(Br)ccc4c4ccc(Br)cc4c3n2-c2cccc(C(F)(F)F)c2)cc1. The average molecular weight is 1430 g/mol. The summed E-state index contributed by atoms with van der Waals surface area (Å²) in [4.78, 5) is 10.1. The molecule has 0 saturated heterocycles. The highest BCUT2D eigenvalue weighted by Crippen LogP contribution is 2.44. The highest BCUT2D eigenvalue weighted by atomic mass is 79.9. The molecule has 1 N–H and O–H groups in total. The Balaban J connectivity index is 0.000000160. The van der Waals surface area contributed by atoms with Gasteiger partial charge in [0.15, 0.2) is 0 Å². The molecule has 0 fully saturated rings. The molecule has 0 aliphatic carbocycles. The Morgan fingerprint density at radius 3 is 1.26 bits per heavy atom. The fraction of sp³-hybridized carbons (Fsp3) is 0.169. The van der Waals surface area contributed by atoms with Gasteiger partial charge < -0.3 is 9.84 Å². The van der Waals surface area contributed by atoms with E-state index in [9.17, 15) is 31.4 Å². The van der Waals surface area contributed by atoms with E-state index >= 15 is 0 Å². The zero-order valence-corrected chi connectivity index (χ0v) is 52.0. The molecule has 0 radical (unpaired) electrons. The van der Waals surface area contributed by atoms with Gasteiger partial charge in [-0.25, -0.2) is 9.97 Å². The molecule has 418 valence electrons. The lowest BCUT2D eigenvalue weighted by molar-refractivity contribution is -0.138. The monoisotopic (exact) mass is 1430 g/mol. The van der Waals surface area contributed by atoms with Crippen LogP contribution >= 0.6 is 79.6 Å². The standard InChI is InChI=1S/C29H17Br2F3N2O.C28H15Br2F3N2O.C8H17Br/c1-37-21-9-5-16(6-10-21)28-35-26-24-14-18(30)7-11-22(24)23-12-8-19(31)15-25(23)27(26)36(28)20-4-2-3-17(13-20)29(32,33)34;29-17-6-10-21-22-11-7-18(30)14-24(22)26-25(23(21)13-17)34-27(15-4-8-20(36)9-5-15)35(26)19-3-1-2-16(12-19)28(31,32)33;1-3-5-6-8(4-2)7-9/h2-15H,1H3;1-14,36H;8H,3-7H2,1-2H3. The number of imidazole rings is 2. The summed E-state index contributed by atoms with van der Waals surface area (Å²) in [5, 5.41) is 18.5. The molecule has 82 heavy (non-hydrogen) atoms. The number of aromatic hydroxyl groups is 1. The van der Waals surface area contributed by atoms with E-state index in [-0.39, 0.29) is 5.75 Å². The van der Waals surface area contributed by atoms with E-state index in [2.05, 4.69) is 93.5 Å². The van der Waals surface area contributed by atoms with Gasteiger partial charge in [-0.15, -0.1) is 0 Å². The molecule has 0 spiro atoms. The quantitative estimate of drug-likeness (QED) is 0.0842. The summed E-state index contributed by atoms with van der Waals surface area (Å²) in [6.07, 6.45) is -3.51. The second kappa shape index (κ2) is 24.5. The number of methoxy groups -OCH3 is 1. The number of halogens is 11. The zero-order chi connectivity index (χ0) is 58.2. The fourth-order valence-electron chi connectivity index (χ4n) is 10.3. The fourth-order valence-corrected chi connectivity index (χ4v) is 12.5. The predicted molar refractivity (Wildman–Crippen MR) is 339 cm³/mol. The van der Waals surface area contributed by atoms with E-state index in [0.717, 1.165) is 96.2 Å². The van der Waals surface area contributed by atoms with Crippen LogP contribution in [0.25, 0.3) is 99.3 Å². The number of phenolic OH excluding ortho intramolecular Hbond substituents is 1. The van der Waals surface area contributed by atoms with Crippen molar-refractivity contribution in [2.75, 3.05) is 12.4 Å². The Morgan fingerprint density at radius 1 is 0.500 bits per heavy atom. The first-order valence-corrected chi connectivity index (χ1v) is 30.4. The van der Waals surface area contributed by atoms with Gasteiger partial charge in [-0.05, 0) is 167 Å². The molecule has 10 aromatic carbocycles. The molecule has 1 unspecified atom stereocenters. The van der Waals surface area contributed by atoms with Crippen LogP contribution in [-0.4, -0.2) is 36.6 Å². The van der Waals surface area contributed by atoms with Crippen LogP contribution in [-0.2, 0) is 12.4 Å². The molecule has 12 rings (SSSR count). The molecule has 0 aliphatic rings. The van der Waals surface area contributed by atoms with Crippen LogP contribution in [0.15, 0.2) is 188 Å². The third-order valence-electron chi connectivity index (χ3n) is 14.4. The van der Waals surface area contributed by atoms with Gasteiger partial charge in [0, 0.05) is 67.3 Å². The summed E-state index contributed by atoms with van der Waals surface area (Å²) < 4.78 is 94.6. The lowest BCUT2D eigenvalue weighted by atomic mass is 10.00. The molecule has 12 aromatic rings. The summed E-state index contributed by atoms with van der Waals surface area (Å²) in [6, 6.07) is 48.3. The molecule has 0 amide bonds. The van der Waals surface area contributed by atoms with Crippen molar-refractivity contribution >= 4 is 145 Å². The van der Waals surface area contributed by atoms with Crippen molar-refractivity contribution < 1.29 is 36.2 Å². The van der Waals surface area contributed by atoms with Gasteiger partial charge in [-0.3, -0.25) is 9.13 Å². The van der Waals surface area contributed by atoms with Crippen molar-refractivity contribution in [2.45, 2.75) is 51.9 Å². The van der Waals surface area contributed by atoms with E-state index in [1.165, 1.54) is 61.3 Å². The Kier molecular flexibility index (Phi) is 17.6. The Hall–Kier alpha value is -6.24. The van der Waals surface area contributed by atoms with Crippen LogP contribution < -0.4 is 4.74 Å². The van der Waals surface area contributed by atoms with Crippen LogP contribution in [0.3, 0.4) is 0 Å². The molecule has 0 bridgehead atoms. The molecule has 17 heteroatoms. The molecular weight excluding hydrogens is 1380 g/mol. The lowest BCUT2D eigenvalue weighted by Crippen LogP contribution is -2.06. The number of fused-ring (bicyclic) bond motifs is 12. The highest BCUT2D eigenvalue weighted by Gasteiger charge is 2.33. The predicted octanol–water partition coefficient (Wildman–Crippen LogP) is 22.4. The largest absolute Gasteiger partial charge is 0.508 e. The van der Waals surface area contributed by atoms with Crippen molar-refractivity contribution in [2.24, 2.45) is 5.92 Å². The number of rotatable bonds is 10. The molecule has 2 aromatic heterocycles. The van der Waals surface area contributed by atoms with Gasteiger partial charge in [0.25, 0.3) is 0 Å². The van der Waals surface area contributed by atoms with E-state index in [4.69, 9.17) is 14.7 Å². The number of ether oxygens (including phenoxy) is 1. The summed E-state index contributed by atoms with van der Waals surface area (Å²) >= 11 is 17.8. The van der Waals surface area contributed by atoms with Crippen LogP contribution in [0.5, 0.6) is 11.5 Å². The second-order valence-electron chi connectivity index (χ2n) is 19.6. The molecule has 2 heterocycles. The van der Waals surface area contributed by atoms with Crippen molar-refractivity contribution in [3.63, 3.8) is 0 Å². The molecule has 1 atom stereocenters. The summed E-state index contributed by atoms with van der Waals surface area (Å²) in [5.41, 5.74) is 3.45. The van der Waals surface area contributed by atoms with Crippen LogP contribution in [0, 0.1) is 5.92 Å². The number of nitrogens with zero attached hydrogens (tertiary/aromatic N) is 4. The van der Waals surface area contributed by atoms with Crippen molar-refractivity contribution in [1.82, 2.24) is 19.1 Å². The minimum atomic E-state index is -4.49. The van der Waals surface area contributed by atoms with Gasteiger partial charge in [-0.2, -0.15) is 26.3 Å². The summed E-state index contributed by atoms with van der Waals surface area (Å²) in [5.74, 6) is 2.69. The molecule has 0 saturated carbocycles. The number of hydrogen-bond donors (Lipinski definition) is 1. The molecule has 6 nitrogen and oxygen atoms in total. The van der Waals surface area contributed by atoms with Crippen LogP contribution in [0.1, 0.15) is 50.7 Å². The first-order chi connectivity index (χ1) is 39.3. The van der Waals surface area contributed by atoms with Crippen molar-refractivity contribution in [1.29, 1.82) is 0 Å². The summed E-state index contributed by atoms with van der Waals surface area (Å²) in [6.45, 7) is 4.52. The van der Waals surface area contributed by atoms with Gasteiger partial charge in [-0.1, -0.05) is 149 Å². The maximum atomic E-state index is 13.7. The Bertz CT molecular complexity index is 4330. The van der Waals surface area contributed by atoms with E-state index in [1.807, 2.05) is 102 Å². The highest BCUT2D eigenvalue weighted by molar-refractivity contribution is 9.11. The van der Waals surface area contributed by atoms with Gasteiger partial charge in [0.05, 0.1) is 40.3 Å². The third kappa shape index (κ3) is 12.1. The average Bonchev–Trinajstić information content (AvgIpc) is 2.50. The van der Waals surface area contributed by atoms with Crippen molar-refractivity contribution in [3.8, 4) is 45.6 Å². The van der Waals surface area contributed by atoms with E-state index < -0.39 is 23.5 Å². The first-order valence-electron chi connectivity index (χ1n) is 26.1. The molecule has 0 aliphatic heterocycles. The number of alkyl halides is 7. The van der Waals surface area contributed by atoms with E-state index in [0.29, 0.717) is 50.9 Å². The Labute approximate surface area is 510 Å². The number of unbranched alkanes of at least 4 members (excludes halogenated alkanes) is 1. The Morgan fingerprint density at radius 2 is 0.890 bits per heavy atom. The maximum absolute atomic E-state index is 13.7. The van der Waals surface area contributed by atoms with E-state index in [1.54, 1.807) is 35.9 Å². The van der Waals surface area contributed by atoms with Gasteiger partial charge in [0.2, 0.25) is 0 Å². The second-order valence-corrected chi connectivity index (χ2v) is 23.9. The molecular formula is C65H49Br5F6N4O2. The van der Waals surface area contributed by atoms with Crippen LogP contribution in [0.4, 0.5) is 26.3 Å². The smallest absolute Gasteiger partial charge is 0.416 e. The number of benzene rings is 10. The first kappa shape index (κ1) is 58.9. The minimum Gasteiger partial charge on any atom is -0.508 e.